The van der Waals surface area contributed by atoms with Gasteiger partial charge in [0, 0.05) is 24.3 Å². The molecule has 0 fully saturated rings. The van der Waals surface area contributed by atoms with E-state index in [0.29, 0.717) is 31.4 Å². The lowest BCUT2D eigenvalue weighted by molar-refractivity contribution is -0.173. The highest BCUT2D eigenvalue weighted by Gasteiger charge is 2.38. The van der Waals surface area contributed by atoms with Crippen LogP contribution in [-0.2, 0) is 23.8 Å². The first-order chi connectivity index (χ1) is 14.4. The molecule has 31 heavy (non-hydrogen) atoms. The fourth-order valence-corrected chi connectivity index (χ4v) is 4.24. The van der Waals surface area contributed by atoms with Gasteiger partial charge in [-0.25, -0.2) is 0 Å². The summed E-state index contributed by atoms with van der Waals surface area (Å²) in [6, 6.07) is 0. The monoisotopic (exact) mass is 492 g/mol. The van der Waals surface area contributed by atoms with Gasteiger partial charge in [0.05, 0.1) is 33.0 Å². The number of hydrogen-bond donors (Lipinski definition) is 2. The van der Waals surface area contributed by atoms with Crippen molar-refractivity contribution in [3.05, 3.63) is 0 Å². The summed E-state index contributed by atoms with van der Waals surface area (Å²) in [4.78, 5) is 22.5. The molecule has 0 heterocycles. The summed E-state index contributed by atoms with van der Waals surface area (Å²) in [5.41, 5.74) is 0. The Bertz CT molecular complexity index is 509. The van der Waals surface area contributed by atoms with Crippen molar-refractivity contribution < 1.29 is 37.0 Å². The van der Waals surface area contributed by atoms with Crippen LogP contribution in [0, 0.1) is 5.92 Å². The molecule has 0 spiro atoms. The molecule has 0 radical (unpaired) electrons. The minimum Gasteiger partial charge on any atom is -0.377 e. The average molecular weight is 493 g/mol. The number of amides is 2. The van der Waals surface area contributed by atoms with E-state index in [1.165, 1.54) is 0 Å². The van der Waals surface area contributed by atoms with Crippen LogP contribution in [0.2, 0.25) is 0 Å². The third kappa shape index (κ3) is 19.7. The first-order valence-corrected chi connectivity index (χ1v) is 12.4. The zero-order valence-electron chi connectivity index (χ0n) is 18.6. The van der Waals surface area contributed by atoms with Crippen molar-refractivity contribution >= 4 is 33.4 Å². The number of alkyl halides is 3. The van der Waals surface area contributed by atoms with Crippen LogP contribution in [-0.4, -0.2) is 74.8 Å². The first-order valence-electron chi connectivity index (χ1n) is 10.1. The predicted molar refractivity (Wildman–Crippen MR) is 118 cm³/mol. The zero-order chi connectivity index (χ0) is 23.8. The van der Waals surface area contributed by atoms with E-state index in [1.807, 2.05) is 0 Å². The lowest BCUT2D eigenvalue weighted by atomic mass is 10.1. The number of nitrogens with one attached hydrogen (secondary N) is 2. The van der Waals surface area contributed by atoms with Crippen LogP contribution in [0.4, 0.5) is 13.2 Å². The van der Waals surface area contributed by atoms with Crippen LogP contribution in [0.5, 0.6) is 0 Å². The van der Waals surface area contributed by atoms with E-state index >= 15 is 0 Å². The molecular weight excluding hydrogens is 457 g/mol. The summed E-state index contributed by atoms with van der Waals surface area (Å²) in [5, 5.41) is 4.49. The van der Waals surface area contributed by atoms with Gasteiger partial charge >= 0.3 is 12.1 Å². The number of ether oxygens (including phenoxy) is 3. The molecule has 12 heteroatoms. The predicted octanol–water partition coefficient (Wildman–Crippen LogP) is 3.38. The Kier molecular flexibility index (Phi) is 16.5. The molecule has 0 unspecified atom stereocenters. The molecule has 2 N–H and O–H groups in total. The van der Waals surface area contributed by atoms with Crippen LogP contribution in [0.3, 0.4) is 0 Å². The van der Waals surface area contributed by atoms with Gasteiger partial charge in [-0.15, -0.1) is 0 Å². The van der Waals surface area contributed by atoms with E-state index in [9.17, 15) is 22.8 Å². The van der Waals surface area contributed by atoms with Gasteiger partial charge in [-0.2, -0.15) is 13.2 Å². The maximum Gasteiger partial charge on any atom is 0.471 e. The Morgan fingerprint density at radius 2 is 1.52 bits per heavy atom. The van der Waals surface area contributed by atoms with E-state index in [4.69, 9.17) is 14.2 Å². The Morgan fingerprint density at radius 1 is 0.935 bits per heavy atom. The topological polar surface area (TPSA) is 85.9 Å². The SMILES string of the molecule is CC(C)COCSSC(C)(C)CCC(=O)NCCOCCOCCNC(=O)C(F)(F)F. The quantitative estimate of drug-likeness (QED) is 0.172. The molecule has 0 bridgehead atoms. The third-order valence-electron chi connectivity index (χ3n) is 3.55. The summed E-state index contributed by atoms with van der Waals surface area (Å²) >= 11 is 0. The van der Waals surface area contributed by atoms with Crippen molar-refractivity contribution in [1.29, 1.82) is 0 Å². The summed E-state index contributed by atoms with van der Waals surface area (Å²) < 4.78 is 51.7. The van der Waals surface area contributed by atoms with E-state index in [0.717, 1.165) is 13.0 Å². The number of halogens is 3. The smallest absolute Gasteiger partial charge is 0.377 e. The summed E-state index contributed by atoms with van der Waals surface area (Å²) in [6.45, 7) is 9.96. The van der Waals surface area contributed by atoms with Crippen molar-refractivity contribution in [3.8, 4) is 0 Å². The lowest BCUT2D eigenvalue weighted by Crippen LogP contribution is -2.38. The molecule has 7 nitrogen and oxygen atoms in total. The lowest BCUT2D eigenvalue weighted by Gasteiger charge is -2.22. The zero-order valence-corrected chi connectivity index (χ0v) is 20.3. The van der Waals surface area contributed by atoms with Crippen molar-refractivity contribution in [2.24, 2.45) is 5.92 Å². The molecule has 184 valence electrons. The van der Waals surface area contributed by atoms with Gasteiger partial charge in [0.15, 0.2) is 0 Å². The highest BCUT2D eigenvalue weighted by Crippen LogP contribution is 2.38. The fraction of sp³-hybridized carbons (Fsp3) is 0.895. The first kappa shape index (κ1) is 30.3. The van der Waals surface area contributed by atoms with E-state index in [2.05, 4.69) is 33.0 Å². The van der Waals surface area contributed by atoms with Crippen LogP contribution in [0.25, 0.3) is 0 Å². The Morgan fingerprint density at radius 3 is 2.06 bits per heavy atom. The number of hydrogen-bond acceptors (Lipinski definition) is 7. The van der Waals surface area contributed by atoms with Gasteiger partial charge in [0.1, 0.15) is 5.94 Å². The molecule has 0 aliphatic rings. The van der Waals surface area contributed by atoms with Gasteiger partial charge in [0.25, 0.3) is 0 Å². The van der Waals surface area contributed by atoms with Crippen LogP contribution >= 0.6 is 21.6 Å². The average Bonchev–Trinajstić information content (AvgIpc) is 2.66. The molecule has 0 aromatic heterocycles. The Labute approximate surface area is 190 Å². The molecule has 0 aromatic rings. The molecule has 0 saturated heterocycles. The third-order valence-corrected chi connectivity index (χ3v) is 6.58. The molecule has 0 aliphatic heterocycles. The van der Waals surface area contributed by atoms with Gasteiger partial charge < -0.3 is 24.8 Å². The number of rotatable bonds is 18. The minimum absolute atomic E-state index is 0.0438. The standard InChI is InChI=1S/C19H35F3N2O5S2/c1-15(2)13-29-14-30-31-18(3,4)6-5-16(25)23-7-9-27-11-12-28-10-8-24-17(26)19(20,21)22/h15H,5-14H2,1-4H3,(H,23,25)(H,24,26). The second kappa shape index (κ2) is 16.9. The Balaban J connectivity index is 3.56. The van der Waals surface area contributed by atoms with Gasteiger partial charge in [-0.3, -0.25) is 9.59 Å². The van der Waals surface area contributed by atoms with Crippen LogP contribution in [0.1, 0.15) is 40.5 Å². The highest BCUT2D eigenvalue weighted by atomic mass is 33.1. The van der Waals surface area contributed by atoms with Crippen LogP contribution < -0.4 is 10.6 Å². The van der Waals surface area contributed by atoms with Crippen molar-refractivity contribution in [2.45, 2.75) is 51.5 Å². The molecule has 0 atom stereocenters. The van der Waals surface area contributed by atoms with E-state index in [-0.39, 0.29) is 37.0 Å². The van der Waals surface area contributed by atoms with Crippen molar-refractivity contribution in [2.75, 3.05) is 52.1 Å². The van der Waals surface area contributed by atoms with Crippen molar-refractivity contribution in [3.63, 3.8) is 0 Å². The largest absolute Gasteiger partial charge is 0.471 e. The van der Waals surface area contributed by atoms with Gasteiger partial charge in [0.2, 0.25) is 5.91 Å². The highest BCUT2D eigenvalue weighted by molar-refractivity contribution is 8.77. The van der Waals surface area contributed by atoms with Gasteiger partial charge in [-0.1, -0.05) is 35.4 Å². The van der Waals surface area contributed by atoms with E-state index < -0.39 is 12.1 Å². The van der Waals surface area contributed by atoms with Crippen LogP contribution in [0.15, 0.2) is 0 Å². The normalized spacial score (nSPS) is 12.3. The van der Waals surface area contributed by atoms with Gasteiger partial charge in [-0.05, 0) is 26.2 Å². The maximum absolute atomic E-state index is 11.9. The molecule has 0 aliphatic carbocycles. The number of carbonyl (C=O) groups is 2. The fourth-order valence-electron chi connectivity index (χ4n) is 1.97. The molecular formula is C19H35F3N2O5S2. The summed E-state index contributed by atoms with van der Waals surface area (Å²) in [5.74, 6) is -0.893. The minimum atomic E-state index is -4.89. The molecule has 0 aromatic carbocycles. The summed E-state index contributed by atoms with van der Waals surface area (Å²) in [6.07, 6.45) is -3.73. The van der Waals surface area contributed by atoms with Crippen molar-refractivity contribution in [1.82, 2.24) is 10.6 Å². The molecule has 0 saturated carbocycles. The number of carbonyl (C=O) groups excluding carboxylic acids is 2. The Hall–Kier alpha value is -0.690. The second-order valence-corrected chi connectivity index (χ2v) is 10.6. The van der Waals surface area contributed by atoms with E-state index in [1.54, 1.807) is 26.9 Å². The summed E-state index contributed by atoms with van der Waals surface area (Å²) in [7, 11) is 3.36. The molecule has 0 rings (SSSR count). The second-order valence-electron chi connectivity index (χ2n) is 7.67. The molecule has 2 amide bonds. The maximum atomic E-state index is 11.9.